The van der Waals surface area contributed by atoms with Crippen LogP contribution in [0.15, 0.2) is 42.5 Å². The molecule has 136 valence electrons. The van der Waals surface area contributed by atoms with Crippen LogP contribution in [0.3, 0.4) is 0 Å². The van der Waals surface area contributed by atoms with Gasteiger partial charge in [-0.3, -0.25) is 0 Å². The zero-order valence-electron chi connectivity index (χ0n) is 15.7. The Labute approximate surface area is 150 Å². The van der Waals surface area contributed by atoms with Gasteiger partial charge in [-0.2, -0.15) is 0 Å². The van der Waals surface area contributed by atoms with Crippen LogP contribution in [0.5, 0.6) is 5.75 Å². The van der Waals surface area contributed by atoms with Crippen molar-refractivity contribution in [1.82, 2.24) is 15.1 Å². The van der Waals surface area contributed by atoms with E-state index in [1.54, 1.807) is 4.90 Å². The molecule has 0 aliphatic rings. The van der Waals surface area contributed by atoms with Gasteiger partial charge in [-0.1, -0.05) is 30.3 Å². The molecule has 5 nitrogen and oxygen atoms in total. The molecule has 2 amide bonds. The molecule has 25 heavy (non-hydrogen) atoms. The van der Waals surface area contributed by atoms with Crippen LogP contribution >= 0.6 is 0 Å². The summed E-state index contributed by atoms with van der Waals surface area (Å²) in [6, 6.07) is 14.3. The number of nitrogens with zero attached hydrogens (tertiary/aromatic N) is 2. The lowest BCUT2D eigenvalue weighted by atomic mass is 10.1. The second-order valence-corrected chi connectivity index (χ2v) is 6.68. The van der Waals surface area contributed by atoms with E-state index in [9.17, 15) is 4.79 Å². The van der Waals surface area contributed by atoms with E-state index in [1.165, 1.54) is 5.39 Å². The molecule has 2 rings (SSSR count). The van der Waals surface area contributed by atoms with Gasteiger partial charge in [0.1, 0.15) is 12.4 Å². The van der Waals surface area contributed by atoms with Crippen LogP contribution in [-0.2, 0) is 0 Å². The largest absolute Gasteiger partial charge is 0.492 e. The summed E-state index contributed by atoms with van der Waals surface area (Å²) in [6.45, 7) is 6.52. The average Bonchev–Trinajstić information content (AvgIpc) is 2.57. The highest BCUT2D eigenvalue weighted by Crippen LogP contribution is 2.20. The third-order valence-electron chi connectivity index (χ3n) is 4.04. The van der Waals surface area contributed by atoms with E-state index in [1.807, 2.05) is 57.1 Å². The van der Waals surface area contributed by atoms with Crippen LogP contribution in [0.4, 0.5) is 4.79 Å². The highest BCUT2D eigenvalue weighted by atomic mass is 16.5. The minimum Gasteiger partial charge on any atom is -0.492 e. The lowest BCUT2D eigenvalue weighted by Gasteiger charge is -2.27. The van der Waals surface area contributed by atoms with Gasteiger partial charge < -0.3 is 19.9 Å². The molecule has 0 aromatic heterocycles. The lowest BCUT2D eigenvalue weighted by Crippen LogP contribution is -2.47. The van der Waals surface area contributed by atoms with E-state index in [2.05, 4.69) is 23.5 Å². The maximum Gasteiger partial charge on any atom is 0.317 e. The van der Waals surface area contributed by atoms with Gasteiger partial charge in [0.15, 0.2) is 0 Å². The number of carbonyl (C=O) groups excluding carboxylic acids is 1. The van der Waals surface area contributed by atoms with Crippen molar-refractivity contribution in [3.63, 3.8) is 0 Å². The molecule has 0 spiro atoms. The molecule has 0 aliphatic carbocycles. The van der Waals surface area contributed by atoms with Crippen LogP contribution in [0.25, 0.3) is 10.8 Å². The van der Waals surface area contributed by atoms with E-state index in [0.29, 0.717) is 19.7 Å². The predicted molar refractivity (Wildman–Crippen MR) is 103 cm³/mol. The maximum atomic E-state index is 12.3. The number of urea groups is 1. The van der Waals surface area contributed by atoms with Crippen LogP contribution in [0.2, 0.25) is 0 Å². The fourth-order valence-corrected chi connectivity index (χ4v) is 2.60. The Kier molecular flexibility index (Phi) is 7.07. The minimum absolute atomic E-state index is 0.0426. The van der Waals surface area contributed by atoms with E-state index in [0.717, 1.165) is 17.7 Å². The molecular formula is C20H29N3O2. The maximum absolute atomic E-state index is 12.3. The Bertz CT molecular complexity index is 685. The normalized spacial score (nSPS) is 11.1. The molecule has 0 fully saturated rings. The van der Waals surface area contributed by atoms with Crippen molar-refractivity contribution in [3.8, 4) is 5.75 Å². The molecule has 5 heteroatoms. The highest BCUT2D eigenvalue weighted by Gasteiger charge is 2.16. The van der Waals surface area contributed by atoms with Gasteiger partial charge in [-0.25, -0.2) is 4.79 Å². The van der Waals surface area contributed by atoms with Crippen LogP contribution in [-0.4, -0.2) is 62.2 Å². The molecule has 2 aromatic carbocycles. The molecule has 0 saturated carbocycles. The number of rotatable bonds is 8. The Morgan fingerprint density at radius 3 is 2.48 bits per heavy atom. The summed E-state index contributed by atoms with van der Waals surface area (Å²) < 4.78 is 5.86. The third-order valence-corrected chi connectivity index (χ3v) is 4.04. The van der Waals surface area contributed by atoms with Crippen molar-refractivity contribution >= 4 is 16.8 Å². The molecule has 0 radical (unpaired) electrons. The summed E-state index contributed by atoms with van der Waals surface area (Å²) >= 11 is 0. The number of likely N-dealkylation sites (N-methyl/N-ethyl adjacent to an activating group) is 1. The first kappa shape index (κ1) is 19.1. The number of fused-ring (bicyclic) bond motifs is 1. The molecule has 1 N–H and O–H groups in total. The van der Waals surface area contributed by atoms with Gasteiger partial charge in [0.05, 0.1) is 6.54 Å². The third kappa shape index (κ3) is 5.94. The minimum atomic E-state index is -0.0426. The standard InChI is InChI=1S/C20H29N3O2/c1-16(2)23(20(24)21-11-12-22(3)4)13-14-25-19-10-9-17-7-5-6-8-18(17)15-19/h5-10,15-16H,11-14H2,1-4H3,(H,21,24). The Morgan fingerprint density at radius 1 is 1.08 bits per heavy atom. The van der Waals surface area contributed by atoms with Gasteiger partial charge in [0.25, 0.3) is 0 Å². The number of hydrogen-bond acceptors (Lipinski definition) is 3. The van der Waals surface area contributed by atoms with E-state index in [4.69, 9.17) is 4.74 Å². The molecule has 0 heterocycles. The van der Waals surface area contributed by atoms with Gasteiger partial charge >= 0.3 is 6.03 Å². The Morgan fingerprint density at radius 2 is 1.80 bits per heavy atom. The number of hydrogen-bond donors (Lipinski definition) is 1. The zero-order chi connectivity index (χ0) is 18.2. The van der Waals surface area contributed by atoms with Crippen molar-refractivity contribution in [2.24, 2.45) is 0 Å². The molecule has 0 bridgehead atoms. The average molecular weight is 343 g/mol. The number of amides is 2. The summed E-state index contributed by atoms with van der Waals surface area (Å²) in [5.41, 5.74) is 0. The first-order chi connectivity index (χ1) is 12.0. The van der Waals surface area contributed by atoms with Crippen molar-refractivity contribution in [2.75, 3.05) is 40.3 Å². The second kappa shape index (κ2) is 9.28. The van der Waals surface area contributed by atoms with Gasteiger partial charge in [0, 0.05) is 19.1 Å². The van der Waals surface area contributed by atoms with Crippen molar-refractivity contribution in [1.29, 1.82) is 0 Å². The smallest absolute Gasteiger partial charge is 0.317 e. The summed E-state index contributed by atoms with van der Waals surface area (Å²) in [4.78, 5) is 16.2. The van der Waals surface area contributed by atoms with Gasteiger partial charge in [-0.15, -0.1) is 0 Å². The Balaban J connectivity index is 1.86. The second-order valence-electron chi connectivity index (χ2n) is 6.68. The first-order valence-electron chi connectivity index (χ1n) is 8.78. The van der Waals surface area contributed by atoms with Gasteiger partial charge in [0.2, 0.25) is 0 Å². The van der Waals surface area contributed by atoms with E-state index < -0.39 is 0 Å². The van der Waals surface area contributed by atoms with Crippen molar-refractivity contribution in [2.45, 2.75) is 19.9 Å². The van der Waals surface area contributed by atoms with Gasteiger partial charge in [-0.05, 0) is 50.8 Å². The molecule has 2 aromatic rings. The zero-order valence-corrected chi connectivity index (χ0v) is 15.7. The van der Waals surface area contributed by atoms with E-state index >= 15 is 0 Å². The highest BCUT2D eigenvalue weighted by molar-refractivity contribution is 5.83. The summed E-state index contributed by atoms with van der Waals surface area (Å²) in [7, 11) is 3.98. The fraction of sp³-hybridized carbons (Fsp3) is 0.450. The topological polar surface area (TPSA) is 44.8 Å². The van der Waals surface area contributed by atoms with Crippen LogP contribution in [0.1, 0.15) is 13.8 Å². The van der Waals surface area contributed by atoms with Crippen LogP contribution < -0.4 is 10.1 Å². The number of ether oxygens (including phenoxy) is 1. The predicted octanol–water partition coefficient (Wildman–Crippen LogP) is 3.20. The summed E-state index contributed by atoms with van der Waals surface area (Å²) in [6.07, 6.45) is 0. The molecule has 0 aliphatic heterocycles. The SMILES string of the molecule is CC(C)N(CCOc1ccc2ccccc2c1)C(=O)NCCN(C)C. The van der Waals surface area contributed by atoms with E-state index in [-0.39, 0.29) is 12.1 Å². The molecule has 0 atom stereocenters. The fourth-order valence-electron chi connectivity index (χ4n) is 2.60. The first-order valence-corrected chi connectivity index (χ1v) is 8.78. The van der Waals surface area contributed by atoms with Crippen LogP contribution in [0, 0.1) is 0 Å². The summed E-state index contributed by atoms with van der Waals surface area (Å²) in [5.74, 6) is 0.829. The number of benzene rings is 2. The number of nitrogens with one attached hydrogen (secondary N) is 1. The van der Waals surface area contributed by atoms with Crippen molar-refractivity contribution < 1.29 is 9.53 Å². The monoisotopic (exact) mass is 343 g/mol. The Hall–Kier alpha value is -2.27. The molecule has 0 unspecified atom stereocenters. The quantitative estimate of drug-likeness (QED) is 0.800. The molecule has 0 saturated heterocycles. The number of carbonyl (C=O) groups is 1. The summed E-state index contributed by atoms with van der Waals surface area (Å²) in [5, 5.41) is 5.31. The molecular weight excluding hydrogens is 314 g/mol. The lowest BCUT2D eigenvalue weighted by molar-refractivity contribution is 0.165. The van der Waals surface area contributed by atoms with Crippen molar-refractivity contribution in [3.05, 3.63) is 42.5 Å².